The Kier molecular flexibility index (Phi) is 5.74. The first-order valence-corrected chi connectivity index (χ1v) is 6.10. The Morgan fingerprint density at radius 3 is 2.53 bits per heavy atom. The smallest absolute Gasteiger partial charge is 0.0224 e. The number of aryl methyl sites for hydroxylation is 1. The number of nitrogens with one attached hydrogen (secondary N) is 1. The fourth-order valence-corrected chi connectivity index (χ4v) is 1.64. The van der Waals surface area contributed by atoms with Gasteiger partial charge in [-0.15, -0.1) is 11.6 Å². The van der Waals surface area contributed by atoms with Crippen molar-refractivity contribution >= 4 is 11.6 Å². The van der Waals surface area contributed by atoms with Gasteiger partial charge < -0.3 is 5.32 Å². The first-order valence-electron chi connectivity index (χ1n) is 5.57. The summed E-state index contributed by atoms with van der Waals surface area (Å²) in [6.07, 6.45) is 2.24. The third kappa shape index (κ3) is 5.19. The monoisotopic (exact) mass is 225 g/mol. The van der Waals surface area contributed by atoms with E-state index in [0.717, 1.165) is 25.3 Å². The SMILES string of the molecule is Cc1ccc(CNC(C)CCCCl)cc1. The summed E-state index contributed by atoms with van der Waals surface area (Å²) in [5.74, 6) is 0.760. The maximum absolute atomic E-state index is 5.65. The summed E-state index contributed by atoms with van der Waals surface area (Å²) in [6.45, 7) is 5.27. The summed E-state index contributed by atoms with van der Waals surface area (Å²) < 4.78 is 0. The quantitative estimate of drug-likeness (QED) is 0.731. The third-order valence-corrected chi connectivity index (χ3v) is 2.81. The Morgan fingerprint density at radius 2 is 1.93 bits per heavy atom. The molecule has 84 valence electrons. The Balaban J connectivity index is 2.27. The lowest BCUT2D eigenvalue weighted by molar-refractivity contribution is 0.509. The first-order chi connectivity index (χ1) is 7.22. The summed E-state index contributed by atoms with van der Waals surface area (Å²) in [4.78, 5) is 0. The van der Waals surface area contributed by atoms with Gasteiger partial charge in [0.25, 0.3) is 0 Å². The van der Waals surface area contributed by atoms with Crippen LogP contribution in [0.15, 0.2) is 24.3 Å². The third-order valence-electron chi connectivity index (χ3n) is 2.55. The Morgan fingerprint density at radius 1 is 1.27 bits per heavy atom. The predicted molar refractivity (Wildman–Crippen MR) is 67.4 cm³/mol. The highest BCUT2D eigenvalue weighted by Crippen LogP contribution is 2.04. The van der Waals surface area contributed by atoms with Crippen LogP contribution in [0.25, 0.3) is 0 Å². The molecule has 1 aromatic carbocycles. The van der Waals surface area contributed by atoms with E-state index in [1.807, 2.05) is 0 Å². The van der Waals surface area contributed by atoms with E-state index >= 15 is 0 Å². The fraction of sp³-hybridized carbons (Fsp3) is 0.538. The molecule has 0 fully saturated rings. The van der Waals surface area contributed by atoms with E-state index in [9.17, 15) is 0 Å². The van der Waals surface area contributed by atoms with E-state index in [0.29, 0.717) is 6.04 Å². The molecule has 0 radical (unpaired) electrons. The minimum Gasteiger partial charge on any atom is -0.310 e. The van der Waals surface area contributed by atoms with Crippen LogP contribution in [0.4, 0.5) is 0 Å². The van der Waals surface area contributed by atoms with Crippen LogP contribution in [0.5, 0.6) is 0 Å². The van der Waals surface area contributed by atoms with Crippen LogP contribution in [0.3, 0.4) is 0 Å². The zero-order valence-electron chi connectivity index (χ0n) is 9.59. The van der Waals surface area contributed by atoms with Crippen molar-refractivity contribution in [1.29, 1.82) is 0 Å². The van der Waals surface area contributed by atoms with Crippen molar-refractivity contribution in [2.75, 3.05) is 5.88 Å². The van der Waals surface area contributed by atoms with Crippen LogP contribution in [-0.2, 0) is 6.54 Å². The molecule has 0 spiro atoms. The van der Waals surface area contributed by atoms with Crippen molar-refractivity contribution in [3.63, 3.8) is 0 Å². The molecule has 0 aliphatic heterocycles. The second-order valence-corrected chi connectivity index (χ2v) is 4.48. The van der Waals surface area contributed by atoms with Crippen molar-refractivity contribution in [2.45, 2.75) is 39.3 Å². The average molecular weight is 226 g/mol. The molecule has 0 aliphatic carbocycles. The van der Waals surface area contributed by atoms with Crippen LogP contribution in [-0.4, -0.2) is 11.9 Å². The largest absolute Gasteiger partial charge is 0.310 e. The molecule has 0 aliphatic rings. The van der Waals surface area contributed by atoms with Crippen molar-refractivity contribution in [3.8, 4) is 0 Å². The Hall–Kier alpha value is -0.530. The minimum atomic E-state index is 0.546. The summed E-state index contributed by atoms with van der Waals surface area (Å²) in [7, 11) is 0. The molecule has 0 saturated carbocycles. The lowest BCUT2D eigenvalue weighted by atomic mass is 10.1. The van der Waals surface area contributed by atoms with Gasteiger partial charge in [0.2, 0.25) is 0 Å². The van der Waals surface area contributed by atoms with Crippen LogP contribution in [0.2, 0.25) is 0 Å². The molecule has 0 aromatic heterocycles. The highest BCUT2D eigenvalue weighted by Gasteiger charge is 2.00. The molecule has 0 heterocycles. The molecule has 2 heteroatoms. The number of alkyl halides is 1. The highest BCUT2D eigenvalue weighted by atomic mass is 35.5. The summed E-state index contributed by atoms with van der Waals surface area (Å²) >= 11 is 5.65. The number of hydrogen-bond acceptors (Lipinski definition) is 1. The predicted octanol–water partition coefficient (Wildman–Crippen LogP) is 3.49. The van der Waals surface area contributed by atoms with Crippen molar-refractivity contribution in [2.24, 2.45) is 0 Å². The van der Waals surface area contributed by atoms with E-state index in [4.69, 9.17) is 11.6 Å². The van der Waals surface area contributed by atoms with Gasteiger partial charge in [-0.1, -0.05) is 29.8 Å². The van der Waals surface area contributed by atoms with Gasteiger partial charge in [0, 0.05) is 18.5 Å². The lowest BCUT2D eigenvalue weighted by Gasteiger charge is -2.12. The molecule has 1 rings (SSSR count). The molecule has 1 unspecified atom stereocenters. The number of rotatable bonds is 6. The van der Waals surface area contributed by atoms with E-state index in [-0.39, 0.29) is 0 Å². The van der Waals surface area contributed by atoms with Gasteiger partial charge in [-0.2, -0.15) is 0 Å². The van der Waals surface area contributed by atoms with Crippen molar-refractivity contribution in [3.05, 3.63) is 35.4 Å². The summed E-state index contributed by atoms with van der Waals surface area (Å²) in [6, 6.07) is 9.21. The topological polar surface area (TPSA) is 12.0 Å². The maximum atomic E-state index is 5.65. The maximum Gasteiger partial charge on any atom is 0.0224 e. The number of hydrogen-bond donors (Lipinski definition) is 1. The minimum absolute atomic E-state index is 0.546. The van der Waals surface area contributed by atoms with Crippen molar-refractivity contribution in [1.82, 2.24) is 5.32 Å². The Bertz CT molecular complexity index is 268. The molecule has 1 aromatic rings. The fourth-order valence-electron chi connectivity index (χ4n) is 1.48. The van der Waals surface area contributed by atoms with E-state index < -0.39 is 0 Å². The molecular weight excluding hydrogens is 206 g/mol. The highest BCUT2D eigenvalue weighted by molar-refractivity contribution is 6.17. The standard InChI is InChI=1S/C13H20ClN/c1-11-5-7-13(8-6-11)10-15-12(2)4-3-9-14/h5-8,12,15H,3-4,9-10H2,1-2H3. The van der Waals surface area contributed by atoms with Crippen molar-refractivity contribution < 1.29 is 0 Å². The number of halogens is 1. The molecule has 0 saturated heterocycles. The summed E-state index contributed by atoms with van der Waals surface area (Å²) in [5, 5.41) is 3.49. The first kappa shape index (κ1) is 12.5. The van der Waals surface area contributed by atoms with E-state index in [1.165, 1.54) is 11.1 Å². The van der Waals surface area contributed by atoms with Gasteiger partial charge in [0.15, 0.2) is 0 Å². The van der Waals surface area contributed by atoms with E-state index in [1.54, 1.807) is 0 Å². The number of benzene rings is 1. The van der Waals surface area contributed by atoms with Crippen LogP contribution in [0.1, 0.15) is 30.9 Å². The van der Waals surface area contributed by atoms with Gasteiger partial charge >= 0.3 is 0 Å². The lowest BCUT2D eigenvalue weighted by Crippen LogP contribution is -2.25. The van der Waals surface area contributed by atoms with Gasteiger partial charge in [-0.3, -0.25) is 0 Å². The van der Waals surface area contributed by atoms with Crippen LogP contribution >= 0.6 is 11.6 Å². The van der Waals surface area contributed by atoms with Crippen LogP contribution < -0.4 is 5.32 Å². The van der Waals surface area contributed by atoms with Gasteiger partial charge in [0.1, 0.15) is 0 Å². The zero-order valence-corrected chi connectivity index (χ0v) is 10.3. The molecular formula is C13H20ClN. The van der Waals surface area contributed by atoms with E-state index in [2.05, 4.69) is 43.4 Å². The Labute approximate surface area is 97.8 Å². The van der Waals surface area contributed by atoms with Gasteiger partial charge in [0.05, 0.1) is 0 Å². The molecule has 0 bridgehead atoms. The average Bonchev–Trinajstić information content (AvgIpc) is 2.25. The van der Waals surface area contributed by atoms with Gasteiger partial charge in [-0.05, 0) is 32.3 Å². The molecule has 1 nitrogen and oxygen atoms in total. The second kappa shape index (κ2) is 6.86. The normalized spacial score (nSPS) is 12.7. The van der Waals surface area contributed by atoms with Gasteiger partial charge in [-0.25, -0.2) is 0 Å². The molecule has 1 N–H and O–H groups in total. The molecule has 15 heavy (non-hydrogen) atoms. The van der Waals surface area contributed by atoms with Crippen LogP contribution in [0, 0.1) is 6.92 Å². The molecule has 1 atom stereocenters. The molecule has 0 amide bonds. The summed E-state index contributed by atoms with van der Waals surface area (Å²) in [5.41, 5.74) is 2.66. The second-order valence-electron chi connectivity index (χ2n) is 4.10. The zero-order chi connectivity index (χ0) is 11.1.